The number of nitrogens with one attached hydrogen (secondary N) is 2. The molecule has 1 heterocycles. The molecule has 0 unspecified atom stereocenters. The molecule has 0 aliphatic carbocycles. The highest BCUT2D eigenvalue weighted by Crippen LogP contribution is 2.31. The lowest BCUT2D eigenvalue weighted by Gasteiger charge is -2.26. The van der Waals surface area contributed by atoms with E-state index < -0.39 is 15.9 Å². The fraction of sp³-hybridized carbons (Fsp3) is 0.333. The molecule has 2 aromatic carbocycles. The Bertz CT molecular complexity index is 1000. The van der Waals surface area contributed by atoms with Crippen molar-refractivity contribution in [1.82, 2.24) is 9.62 Å². The summed E-state index contributed by atoms with van der Waals surface area (Å²) >= 11 is 0. The van der Waals surface area contributed by atoms with E-state index in [-0.39, 0.29) is 23.1 Å². The van der Waals surface area contributed by atoms with Crippen molar-refractivity contribution in [2.75, 3.05) is 32.1 Å². The van der Waals surface area contributed by atoms with E-state index in [1.165, 1.54) is 23.5 Å². The van der Waals surface area contributed by atoms with Gasteiger partial charge < -0.3 is 15.4 Å². The lowest BCUT2D eigenvalue weighted by atomic mass is 10.2. The van der Waals surface area contributed by atoms with Gasteiger partial charge in [0.25, 0.3) is 5.91 Å². The standard InChI is InChI=1S/C21H25N3O5S/c1-29-18-11-10-17(14-19(18)30(27,28)24-12-6-3-7-13-24)23-20(25)15-22-21(26)16-8-4-2-5-9-16/h2,4-5,8-11,14H,3,6-7,12-13,15H2,1H3,(H,22,26)(H,23,25). The van der Waals surface area contributed by atoms with Gasteiger partial charge in [0, 0.05) is 24.3 Å². The zero-order valence-electron chi connectivity index (χ0n) is 16.8. The summed E-state index contributed by atoms with van der Waals surface area (Å²) in [7, 11) is -2.33. The van der Waals surface area contributed by atoms with Crippen molar-refractivity contribution in [3.8, 4) is 5.75 Å². The molecule has 0 atom stereocenters. The fourth-order valence-corrected chi connectivity index (χ4v) is 4.96. The molecule has 0 saturated carbocycles. The molecule has 1 aliphatic rings. The van der Waals surface area contributed by atoms with Crippen molar-refractivity contribution < 1.29 is 22.7 Å². The second kappa shape index (κ2) is 9.73. The number of hydrogen-bond acceptors (Lipinski definition) is 5. The van der Waals surface area contributed by atoms with Gasteiger partial charge in [-0.15, -0.1) is 0 Å². The number of piperidine rings is 1. The Labute approximate surface area is 176 Å². The summed E-state index contributed by atoms with van der Waals surface area (Å²) in [5.74, 6) is -0.615. The van der Waals surface area contributed by atoms with Gasteiger partial charge in [-0.3, -0.25) is 9.59 Å². The molecule has 0 aromatic heterocycles. The van der Waals surface area contributed by atoms with E-state index in [0.717, 1.165) is 19.3 Å². The second-order valence-corrected chi connectivity index (χ2v) is 8.83. The lowest BCUT2D eigenvalue weighted by molar-refractivity contribution is -0.115. The van der Waals surface area contributed by atoms with Gasteiger partial charge in [-0.05, 0) is 43.2 Å². The Morgan fingerprint density at radius 3 is 2.40 bits per heavy atom. The third kappa shape index (κ3) is 5.17. The molecule has 0 radical (unpaired) electrons. The maximum absolute atomic E-state index is 13.1. The van der Waals surface area contributed by atoms with Crippen LogP contribution in [0.5, 0.6) is 5.75 Å². The summed E-state index contributed by atoms with van der Waals surface area (Å²) in [6.45, 7) is 0.690. The first-order valence-corrected chi connectivity index (χ1v) is 11.2. The average Bonchev–Trinajstić information content (AvgIpc) is 2.78. The molecule has 30 heavy (non-hydrogen) atoms. The summed E-state index contributed by atoms with van der Waals surface area (Å²) in [4.78, 5) is 24.3. The normalized spacial score (nSPS) is 14.7. The van der Waals surface area contributed by atoms with Gasteiger partial charge in [0.2, 0.25) is 15.9 Å². The van der Waals surface area contributed by atoms with Gasteiger partial charge in [-0.2, -0.15) is 4.31 Å². The van der Waals surface area contributed by atoms with Crippen LogP contribution in [0.4, 0.5) is 5.69 Å². The summed E-state index contributed by atoms with van der Waals surface area (Å²) in [6, 6.07) is 13.0. The molecule has 8 nitrogen and oxygen atoms in total. The Morgan fingerprint density at radius 1 is 1.03 bits per heavy atom. The van der Waals surface area contributed by atoms with Crippen molar-refractivity contribution in [2.24, 2.45) is 0 Å². The molecule has 0 spiro atoms. The smallest absolute Gasteiger partial charge is 0.251 e. The molecule has 2 aromatic rings. The van der Waals surface area contributed by atoms with Gasteiger partial charge in [0.1, 0.15) is 10.6 Å². The third-order valence-corrected chi connectivity index (χ3v) is 6.75. The minimum atomic E-state index is -3.74. The van der Waals surface area contributed by atoms with E-state index in [1.807, 2.05) is 0 Å². The monoisotopic (exact) mass is 431 g/mol. The predicted octanol–water partition coefficient (Wildman–Crippen LogP) is 2.24. The van der Waals surface area contributed by atoms with Gasteiger partial charge >= 0.3 is 0 Å². The minimum Gasteiger partial charge on any atom is -0.495 e. The van der Waals surface area contributed by atoms with Gasteiger partial charge in [-0.1, -0.05) is 24.6 Å². The molecule has 2 N–H and O–H groups in total. The molecular weight excluding hydrogens is 406 g/mol. The van der Waals surface area contributed by atoms with Crippen molar-refractivity contribution in [2.45, 2.75) is 24.2 Å². The molecule has 3 rings (SSSR count). The van der Waals surface area contributed by atoms with Crippen LogP contribution in [0.25, 0.3) is 0 Å². The average molecular weight is 432 g/mol. The third-order valence-electron chi connectivity index (χ3n) is 4.83. The van der Waals surface area contributed by atoms with E-state index in [4.69, 9.17) is 4.74 Å². The zero-order valence-corrected chi connectivity index (χ0v) is 17.6. The van der Waals surface area contributed by atoms with Crippen LogP contribution in [0.1, 0.15) is 29.6 Å². The Kier molecular flexibility index (Phi) is 7.07. The van der Waals surface area contributed by atoms with Crippen LogP contribution in [0.3, 0.4) is 0 Å². The largest absolute Gasteiger partial charge is 0.495 e. The number of hydrogen-bond donors (Lipinski definition) is 2. The Morgan fingerprint density at radius 2 is 1.73 bits per heavy atom. The topological polar surface area (TPSA) is 105 Å². The van der Waals surface area contributed by atoms with Crippen LogP contribution in [0.15, 0.2) is 53.4 Å². The number of carbonyl (C=O) groups excluding carboxylic acids is 2. The highest BCUT2D eigenvalue weighted by molar-refractivity contribution is 7.89. The van der Waals surface area contributed by atoms with E-state index in [9.17, 15) is 18.0 Å². The van der Waals surface area contributed by atoms with Crippen molar-refractivity contribution >= 4 is 27.5 Å². The predicted molar refractivity (Wildman–Crippen MR) is 113 cm³/mol. The van der Waals surface area contributed by atoms with Gasteiger partial charge in [0.15, 0.2) is 0 Å². The molecule has 1 saturated heterocycles. The van der Waals surface area contributed by atoms with Crippen molar-refractivity contribution in [3.63, 3.8) is 0 Å². The van der Waals surface area contributed by atoms with Crippen LogP contribution in [0.2, 0.25) is 0 Å². The van der Waals surface area contributed by atoms with E-state index in [2.05, 4.69) is 10.6 Å². The number of methoxy groups -OCH3 is 1. The number of rotatable bonds is 7. The zero-order chi connectivity index (χ0) is 21.6. The number of benzene rings is 2. The first-order valence-electron chi connectivity index (χ1n) is 9.73. The van der Waals surface area contributed by atoms with Gasteiger partial charge in [0.05, 0.1) is 13.7 Å². The highest BCUT2D eigenvalue weighted by Gasteiger charge is 2.29. The fourth-order valence-electron chi connectivity index (χ4n) is 3.26. The highest BCUT2D eigenvalue weighted by atomic mass is 32.2. The molecule has 1 aliphatic heterocycles. The number of ether oxygens (including phenoxy) is 1. The number of anilines is 1. The first-order chi connectivity index (χ1) is 14.4. The van der Waals surface area contributed by atoms with Crippen LogP contribution >= 0.6 is 0 Å². The molecule has 1 fully saturated rings. The summed E-state index contributed by atoms with van der Waals surface area (Å²) < 4.78 is 32.8. The molecular formula is C21H25N3O5S. The molecule has 2 amide bonds. The SMILES string of the molecule is COc1ccc(NC(=O)CNC(=O)c2ccccc2)cc1S(=O)(=O)N1CCCCC1. The van der Waals surface area contributed by atoms with Crippen LogP contribution in [0, 0.1) is 0 Å². The molecule has 9 heteroatoms. The minimum absolute atomic E-state index is 0.0121. The number of sulfonamides is 1. The number of amides is 2. The van der Waals surface area contributed by atoms with Crippen LogP contribution in [-0.2, 0) is 14.8 Å². The van der Waals surface area contributed by atoms with Crippen LogP contribution in [-0.4, -0.2) is 51.3 Å². The van der Waals surface area contributed by atoms with E-state index in [1.54, 1.807) is 36.4 Å². The Hall–Kier alpha value is -2.91. The number of carbonyl (C=O) groups is 2. The van der Waals surface area contributed by atoms with Crippen molar-refractivity contribution in [1.29, 1.82) is 0 Å². The van der Waals surface area contributed by atoms with Gasteiger partial charge in [-0.25, -0.2) is 8.42 Å². The van der Waals surface area contributed by atoms with E-state index in [0.29, 0.717) is 24.3 Å². The van der Waals surface area contributed by atoms with Crippen molar-refractivity contribution in [3.05, 3.63) is 54.1 Å². The summed E-state index contributed by atoms with van der Waals surface area (Å²) in [5.41, 5.74) is 0.759. The maximum Gasteiger partial charge on any atom is 0.251 e. The lowest BCUT2D eigenvalue weighted by Crippen LogP contribution is -2.36. The second-order valence-electron chi connectivity index (χ2n) is 6.93. The first kappa shape index (κ1) is 21.8. The van der Waals surface area contributed by atoms with E-state index >= 15 is 0 Å². The Balaban J connectivity index is 1.70. The molecule has 160 valence electrons. The van der Waals surface area contributed by atoms with Crippen LogP contribution < -0.4 is 15.4 Å². The maximum atomic E-state index is 13.1. The quantitative estimate of drug-likeness (QED) is 0.700. The summed E-state index contributed by atoms with van der Waals surface area (Å²) in [6.07, 6.45) is 2.64. The molecule has 0 bridgehead atoms. The number of nitrogens with zero attached hydrogens (tertiary/aromatic N) is 1. The summed E-state index contributed by atoms with van der Waals surface area (Å²) in [5, 5.41) is 5.16.